The van der Waals surface area contributed by atoms with Crippen molar-refractivity contribution >= 4 is 5.91 Å². The van der Waals surface area contributed by atoms with Crippen LogP contribution in [-0.2, 0) is 19.4 Å². The second-order valence-electron chi connectivity index (χ2n) is 6.36. The van der Waals surface area contributed by atoms with E-state index in [1.54, 1.807) is 7.11 Å². The van der Waals surface area contributed by atoms with Gasteiger partial charge in [0.1, 0.15) is 5.75 Å². The summed E-state index contributed by atoms with van der Waals surface area (Å²) in [7, 11) is 1.66. The lowest BCUT2D eigenvalue weighted by Gasteiger charge is -2.23. The van der Waals surface area contributed by atoms with Gasteiger partial charge in [-0.15, -0.1) is 0 Å². The van der Waals surface area contributed by atoms with E-state index in [-0.39, 0.29) is 5.91 Å². The van der Waals surface area contributed by atoms with E-state index in [0.717, 1.165) is 29.7 Å². The van der Waals surface area contributed by atoms with Crippen molar-refractivity contribution in [1.29, 1.82) is 0 Å². The van der Waals surface area contributed by atoms with Crippen molar-refractivity contribution in [2.24, 2.45) is 0 Å². The van der Waals surface area contributed by atoms with Crippen molar-refractivity contribution in [3.05, 3.63) is 64.7 Å². The highest BCUT2D eigenvalue weighted by molar-refractivity contribution is 5.94. The van der Waals surface area contributed by atoms with Gasteiger partial charge in [-0.3, -0.25) is 4.79 Å². The smallest absolute Gasteiger partial charge is 0.254 e. The van der Waals surface area contributed by atoms with E-state index in [1.807, 2.05) is 42.2 Å². The highest BCUT2D eigenvalue weighted by Crippen LogP contribution is 2.23. The lowest BCUT2D eigenvalue weighted by molar-refractivity contribution is 0.0752. The van der Waals surface area contributed by atoms with Gasteiger partial charge in [-0.2, -0.15) is 0 Å². The molecule has 1 amide bonds. The molecule has 0 saturated heterocycles. The zero-order valence-corrected chi connectivity index (χ0v) is 14.5. The van der Waals surface area contributed by atoms with Crippen LogP contribution in [0.2, 0.25) is 0 Å². The van der Waals surface area contributed by atoms with Crippen LogP contribution in [0, 0.1) is 0 Å². The maximum atomic E-state index is 12.9. The number of rotatable bonds is 5. The Morgan fingerprint density at radius 2 is 1.75 bits per heavy atom. The molecule has 3 nitrogen and oxygen atoms in total. The number of carbonyl (C=O) groups is 1. The fourth-order valence-electron chi connectivity index (χ4n) is 3.33. The topological polar surface area (TPSA) is 29.5 Å². The lowest BCUT2D eigenvalue weighted by Crippen LogP contribution is -2.30. The Morgan fingerprint density at radius 3 is 2.42 bits per heavy atom. The molecule has 0 fully saturated rings. The predicted octanol–water partition coefficient (Wildman–Crippen LogP) is 4.24. The van der Waals surface area contributed by atoms with E-state index in [0.29, 0.717) is 13.1 Å². The van der Waals surface area contributed by atoms with Crippen molar-refractivity contribution in [2.45, 2.75) is 39.2 Å². The third kappa shape index (κ3) is 3.61. The van der Waals surface area contributed by atoms with Crippen LogP contribution in [0.5, 0.6) is 5.75 Å². The Balaban J connectivity index is 1.75. The molecule has 0 aromatic heterocycles. The quantitative estimate of drug-likeness (QED) is 0.824. The molecule has 2 aromatic carbocycles. The number of amides is 1. The largest absolute Gasteiger partial charge is 0.497 e. The minimum Gasteiger partial charge on any atom is -0.497 e. The van der Waals surface area contributed by atoms with E-state index in [2.05, 4.69) is 12.1 Å². The summed E-state index contributed by atoms with van der Waals surface area (Å²) in [5.74, 6) is 0.949. The standard InChI is InChI=1S/C21H25NO2/c1-3-22(15-16-8-12-20(24-2)13-9-16)21(23)19-11-10-17-6-4-5-7-18(17)14-19/h8-14H,3-7,15H2,1-2H3. The monoisotopic (exact) mass is 323 g/mol. The highest BCUT2D eigenvalue weighted by atomic mass is 16.5. The van der Waals surface area contributed by atoms with Gasteiger partial charge in [0.25, 0.3) is 5.91 Å². The number of fused-ring (bicyclic) bond motifs is 1. The first-order chi connectivity index (χ1) is 11.7. The van der Waals surface area contributed by atoms with Crippen LogP contribution in [0.4, 0.5) is 0 Å². The molecule has 0 bridgehead atoms. The molecule has 1 aliphatic rings. The van der Waals surface area contributed by atoms with Gasteiger partial charge in [0.05, 0.1) is 7.11 Å². The molecule has 0 N–H and O–H groups in total. The molecule has 0 heterocycles. The van der Waals surface area contributed by atoms with Crippen LogP contribution >= 0.6 is 0 Å². The molecule has 0 aliphatic heterocycles. The summed E-state index contributed by atoms with van der Waals surface area (Å²) in [6.45, 7) is 3.35. The number of methoxy groups -OCH3 is 1. The molecule has 0 saturated carbocycles. The molecule has 3 heteroatoms. The van der Waals surface area contributed by atoms with E-state index in [4.69, 9.17) is 4.74 Å². The molecule has 0 radical (unpaired) electrons. The molecular formula is C21H25NO2. The Morgan fingerprint density at radius 1 is 1.04 bits per heavy atom. The number of aryl methyl sites for hydroxylation is 2. The lowest BCUT2D eigenvalue weighted by atomic mass is 9.90. The number of hydrogen-bond acceptors (Lipinski definition) is 2. The minimum atomic E-state index is 0.113. The van der Waals surface area contributed by atoms with Crippen molar-refractivity contribution < 1.29 is 9.53 Å². The second kappa shape index (κ2) is 7.52. The van der Waals surface area contributed by atoms with Crippen LogP contribution in [0.3, 0.4) is 0 Å². The van der Waals surface area contributed by atoms with Crippen LogP contribution in [0.15, 0.2) is 42.5 Å². The highest BCUT2D eigenvalue weighted by Gasteiger charge is 2.17. The van der Waals surface area contributed by atoms with Gasteiger partial charge in [-0.1, -0.05) is 18.2 Å². The zero-order valence-electron chi connectivity index (χ0n) is 14.5. The van der Waals surface area contributed by atoms with Crippen LogP contribution < -0.4 is 4.74 Å². The molecule has 0 spiro atoms. The van der Waals surface area contributed by atoms with Crippen LogP contribution in [-0.4, -0.2) is 24.5 Å². The van der Waals surface area contributed by atoms with Crippen molar-refractivity contribution in [2.75, 3.05) is 13.7 Å². The minimum absolute atomic E-state index is 0.113. The number of ether oxygens (including phenoxy) is 1. The molecular weight excluding hydrogens is 298 g/mol. The summed E-state index contributed by atoms with van der Waals surface area (Å²) < 4.78 is 5.19. The number of carbonyl (C=O) groups excluding carboxylic acids is 1. The first-order valence-corrected chi connectivity index (χ1v) is 8.75. The van der Waals surface area contributed by atoms with Crippen molar-refractivity contribution in [1.82, 2.24) is 4.90 Å². The molecule has 126 valence electrons. The number of nitrogens with zero attached hydrogens (tertiary/aromatic N) is 1. The molecule has 1 aliphatic carbocycles. The summed E-state index contributed by atoms with van der Waals surface area (Å²) in [5, 5.41) is 0. The van der Waals surface area contributed by atoms with Gasteiger partial charge >= 0.3 is 0 Å². The Bertz CT molecular complexity index is 706. The summed E-state index contributed by atoms with van der Waals surface area (Å²) in [6, 6.07) is 14.1. The fraction of sp³-hybridized carbons (Fsp3) is 0.381. The van der Waals surface area contributed by atoms with E-state index in [9.17, 15) is 4.79 Å². The van der Waals surface area contributed by atoms with E-state index in [1.165, 1.54) is 24.0 Å². The maximum Gasteiger partial charge on any atom is 0.254 e. The zero-order chi connectivity index (χ0) is 16.9. The van der Waals surface area contributed by atoms with Gasteiger partial charge < -0.3 is 9.64 Å². The summed E-state index contributed by atoms with van der Waals surface area (Å²) >= 11 is 0. The molecule has 2 aromatic rings. The van der Waals surface area contributed by atoms with E-state index < -0.39 is 0 Å². The molecule has 24 heavy (non-hydrogen) atoms. The summed E-state index contributed by atoms with van der Waals surface area (Å²) in [4.78, 5) is 14.8. The fourth-order valence-corrected chi connectivity index (χ4v) is 3.33. The van der Waals surface area contributed by atoms with Crippen LogP contribution in [0.1, 0.15) is 46.8 Å². The van der Waals surface area contributed by atoms with Gasteiger partial charge in [-0.25, -0.2) is 0 Å². The van der Waals surface area contributed by atoms with Gasteiger partial charge in [0, 0.05) is 18.7 Å². The molecule has 0 unspecified atom stereocenters. The molecule has 3 rings (SSSR count). The average Bonchev–Trinajstić information content (AvgIpc) is 2.65. The average molecular weight is 323 g/mol. The third-order valence-electron chi connectivity index (χ3n) is 4.80. The summed E-state index contributed by atoms with van der Waals surface area (Å²) in [6.07, 6.45) is 4.74. The Kier molecular flexibility index (Phi) is 5.19. The Hall–Kier alpha value is -2.29. The van der Waals surface area contributed by atoms with Crippen LogP contribution in [0.25, 0.3) is 0 Å². The van der Waals surface area contributed by atoms with Gasteiger partial charge in [0.2, 0.25) is 0 Å². The maximum absolute atomic E-state index is 12.9. The summed E-state index contributed by atoms with van der Waals surface area (Å²) in [5.41, 5.74) is 4.69. The van der Waals surface area contributed by atoms with Gasteiger partial charge in [0.15, 0.2) is 0 Å². The number of benzene rings is 2. The first kappa shape index (κ1) is 16.6. The van der Waals surface area contributed by atoms with Crippen molar-refractivity contribution in [3.8, 4) is 5.75 Å². The van der Waals surface area contributed by atoms with Gasteiger partial charge in [-0.05, 0) is 73.6 Å². The molecule has 0 atom stereocenters. The third-order valence-corrected chi connectivity index (χ3v) is 4.80. The van der Waals surface area contributed by atoms with Crippen molar-refractivity contribution in [3.63, 3.8) is 0 Å². The first-order valence-electron chi connectivity index (χ1n) is 8.75. The Labute approximate surface area is 144 Å². The normalized spacial score (nSPS) is 13.2. The van der Waals surface area contributed by atoms with E-state index >= 15 is 0 Å². The second-order valence-corrected chi connectivity index (χ2v) is 6.36. The SMILES string of the molecule is CCN(Cc1ccc(OC)cc1)C(=O)c1ccc2c(c1)CCCC2. The number of hydrogen-bond donors (Lipinski definition) is 0. The predicted molar refractivity (Wildman–Crippen MR) is 96.5 cm³/mol.